The highest BCUT2D eigenvalue weighted by Crippen LogP contribution is 2.11. The Kier molecular flexibility index (Phi) is 2.19. The van der Waals surface area contributed by atoms with E-state index in [-0.39, 0.29) is 0 Å². The maximum Gasteiger partial charge on any atom is 0.193 e. The summed E-state index contributed by atoms with van der Waals surface area (Å²) in [7, 11) is 0. The van der Waals surface area contributed by atoms with E-state index in [9.17, 15) is 0 Å². The van der Waals surface area contributed by atoms with Crippen LogP contribution in [0.1, 0.15) is 5.76 Å². The summed E-state index contributed by atoms with van der Waals surface area (Å²) in [6, 6.07) is 7.23. The van der Waals surface area contributed by atoms with Gasteiger partial charge >= 0.3 is 0 Å². The molecule has 0 bridgehead atoms. The van der Waals surface area contributed by atoms with Crippen molar-refractivity contribution in [2.75, 3.05) is 0 Å². The van der Waals surface area contributed by atoms with Crippen LogP contribution in [-0.4, -0.2) is 10.9 Å². The van der Waals surface area contributed by atoms with E-state index in [2.05, 4.69) is 5.10 Å². The molecule has 0 aliphatic rings. The molecule has 66 valence electrons. The molecule has 0 radical (unpaired) electrons. The van der Waals surface area contributed by atoms with E-state index in [0.29, 0.717) is 11.0 Å². The van der Waals surface area contributed by atoms with Crippen LogP contribution in [0.25, 0.3) is 0 Å². The molecule has 2 rings (SSSR count). The van der Waals surface area contributed by atoms with Gasteiger partial charge in [-0.15, -0.1) is 0 Å². The Labute approximate surface area is 80.2 Å². The normalized spacial score (nSPS) is 11.2. The number of furan rings is 1. The molecule has 0 spiro atoms. The maximum absolute atomic E-state index is 5.59. The molecule has 0 saturated carbocycles. The summed E-state index contributed by atoms with van der Waals surface area (Å²) in [5.74, 6) is 0.638. The molecule has 4 heteroatoms. The predicted octanol–water partition coefficient (Wildman–Crippen LogP) is 2.62. The number of aromatic nitrogens is 1. The van der Waals surface area contributed by atoms with Crippen LogP contribution in [0.2, 0.25) is 5.22 Å². The van der Waals surface area contributed by atoms with Gasteiger partial charge in [-0.05, 0) is 35.9 Å². The SMILES string of the molecule is Clc1ccc(/C=N/n2cccc2)o1. The van der Waals surface area contributed by atoms with E-state index in [1.54, 1.807) is 23.0 Å². The van der Waals surface area contributed by atoms with E-state index in [1.165, 1.54) is 0 Å². The first kappa shape index (κ1) is 8.13. The summed E-state index contributed by atoms with van der Waals surface area (Å²) in [6.45, 7) is 0. The van der Waals surface area contributed by atoms with Gasteiger partial charge in [0.25, 0.3) is 0 Å². The third-order valence-corrected chi connectivity index (χ3v) is 1.70. The van der Waals surface area contributed by atoms with Crippen molar-refractivity contribution in [3.63, 3.8) is 0 Å². The van der Waals surface area contributed by atoms with Gasteiger partial charge in [0.2, 0.25) is 0 Å². The smallest absolute Gasteiger partial charge is 0.193 e. The molecule has 0 fully saturated rings. The molecule has 3 nitrogen and oxygen atoms in total. The van der Waals surface area contributed by atoms with Crippen LogP contribution in [0.5, 0.6) is 0 Å². The summed E-state index contributed by atoms with van der Waals surface area (Å²) < 4.78 is 6.76. The van der Waals surface area contributed by atoms with Gasteiger partial charge in [0.05, 0.1) is 6.21 Å². The molecular weight excluding hydrogens is 188 g/mol. The summed E-state index contributed by atoms with van der Waals surface area (Å²) in [6.07, 6.45) is 5.27. The number of halogens is 1. The molecule has 0 N–H and O–H groups in total. The Bertz CT molecular complexity index is 403. The highest BCUT2D eigenvalue weighted by atomic mass is 35.5. The second-order valence-electron chi connectivity index (χ2n) is 2.45. The first-order valence-electron chi connectivity index (χ1n) is 3.77. The molecule has 13 heavy (non-hydrogen) atoms. The van der Waals surface area contributed by atoms with Gasteiger partial charge in [0.15, 0.2) is 5.22 Å². The molecule has 0 amide bonds. The van der Waals surface area contributed by atoms with Gasteiger partial charge in [0, 0.05) is 12.4 Å². The molecular formula is C9H7ClN2O. The minimum atomic E-state index is 0.369. The molecule has 0 saturated heterocycles. The monoisotopic (exact) mass is 194 g/mol. The standard InChI is InChI=1S/C9H7ClN2O/c10-9-4-3-8(13-9)7-11-12-5-1-2-6-12/h1-7H/b11-7+. The van der Waals surface area contributed by atoms with Crippen LogP contribution in [-0.2, 0) is 0 Å². The molecule has 0 aromatic carbocycles. The lowest BCUT2D eigenvalue weighted by Gasteiger charge is -1.88. The first-order chi connectivity index (χ1) is 6.34. The van der Waals surface area contributed by atoms with Gasteiger partial charge in [-0.3, -0.25) is 0 Å². The highest BCUT2D eigenvalue weighted by molar-refractivity contribution is 6.28. The Hall–Kier alpha value is -1.48. The second kappa shape index (κ2) is 3.49. The molecule has 0 aliphatic carbocycles. The summed E-state index contributed by atoms with van der Waals surface area (Å²) in [5.41, 5.74) is 0. The average molecular weight is 195 g/mol. The van der Waals surface area contributed by atoms with Gasteiger partial charge in [-0.25, -0.2) is 4.68 Å². The molecule has 0 unspecified atom stereocenters. The maximum atomic E-state index is 5.59. The van der Waals surface area contributed by atoms with Crippen molar-refractivity contribution in [1.29, 1.82) is 0 Å². The van der Waals surface area contributed by atoms with Gasteiger partial charge in [-0.2, -0.15) is 5.10 Å². The summed E-state index contributed by atoms with van der Waals surface area (Å²) in [4.78, 5) is 0. The Morgan fingerprint density at radius 3 is 2.69 bits per heavy atom. The largest absolute Gasteiger partial charge is 0.444 e. The van der Waals surface area contributed by atoms with E-state index in [1.807, 2.05) is 24.5 Å². The van der Waals surface area contributed by atoms with Gasteiger partial charge in [-0.1, -0.05) is 0 Å². The minimum absolute atomic E-state index is 0.369. The van der Waals surface area contributed by atoms with Crippen LogP contribution < -0.4 is 0 Å². The number of nitrogens with zero attached hydrogens (tertiary/aromatic N) is 2. The molecule has 2 heterocycles. The van der Waals surface area contributed by atoms with Crippen molar-refractivity contribution < 1.29 is 4.42 Å². The van der Waals surface area contributed by atoms with E-state index < -0.39 is 0 Å². The zero-order chi connectivity index (χ0) is 9.10. The van der Waals surface area contributed by atoms with E-state index >= 15 is 0 Å². The van der Waals surface area contributed by atoms with Crippen molar-refractivity contribution >= 4 is 17.8 Å². The average Bonchev–Trinajstić information content (AvgIpc) is 2.71. The van der Waals surface area contributed by atoms with E-state index in [0.717, 1.165) is 0 Å². The topological polar surface area (TPSA) is 30.4 Å². The van der Waals surface area contributed by atoms with E-state index in [4.69, 9.17) is 16.0 Å². The fraction of sp³-hybridized carbons (Fsp3) is 0. The van der Waals surface area contributed by atoms with Crippen molar-refractivity contribution in [2.24, 2.45) is 5.10 Å². The third kappa shape index (κ3) is 2.00. The van der Waals surface area contributed by atoms with Crippen LogP contribution in [0.3, 0.4) is 0 Å². The quantitative estimate of drug-likeness (QED) is 0.676. The summed E-state index contributed by atoms with van der Waals surface area (Å²) in [5, 5.41) is 4.46. The number of hydrogen-bond donors (Lipinski definition) is 0. The van der Waals surface area contributed by atoms with Crippen molar-refractivity contribution in [3.05, 3.63) is 47.6 Å². The van der Waals surface area contributed by atoms with Gasteiger partial charge in [0.1, 0.15) is 5.76 Å². The predicted molar refractivity (Wildman–Crippen MR) is 51.1 cm³/mol. The van der Waals surface area contributed by atoms with Crippen LogP contribution in [0.4, 0.5) is 0 Å². The summed E-state index contributed by atoms with van der Waals surface area (Å²) >= 11 is 5.59. The molecule has 2 aromatic rings. The molecule has 0 aliphatic heterocycles. The fourth-order valence-corrected chi connectivity index (χ4v) is 1.08. The fourth-order valence-electron chi connectivity index (χ4n) is 0.924. The Balaban J connectivity index is 2.14. The first-order valence-corrected chi connectivity index (χ1v) is 4.15. The van der Waals surface area contributed by atoms with Crippen LogP contribution >= 0.6 is 11.6 Å². The van der Waals surface area contributed by atoms with Gasteiger partial charge < -0.3 is 4.42 Å². The molecule has 2 aromatic heterocycles. The van der Waals surface area contributed by atoms with Crippen molar-refractivity contribution in [1.82, 2.24) is 4.68 Å². The Morgan fingerprint density at radius 1 is 1.31 bits per heavy atom. The van der Waals surface area contributed by atoms with Crippen molar-refractivity contribution in [2.45, 2.75) is 0 Å². The number of rotatable bonds is 2. The van der Waals surface area contributed by atoms with Crippen LogP contribution in [0, 0.1) is 0 Å². The zero-order valence-corrected chi connectivity index (χ0v) is 7.48. The minimum Gasteiger partial charge on any atom is -0.444 e. The third-order valence-electron chi connectivity index (χ3n) is 1.50. The molecule has 0 atom stereocenters. The lowest BCUT2D eigenvalue weighted by molar-refractivity contribution is 0.561. The number of hydrogen-bond acceptors (Lipinski definition) is 2. The lowest BCUT2D eigenvalue weighted by atomic mass is 10.5. The Morgan fingerprint density at radius 2 is 2.08 bits per heavy atom. The second-order valence-corrected chi connectivity index (χ2v) is 2.82. The zero-order valence-electron chi connectivity index (χ0n) is 6.72. The van der Waals surface area contributed by atoms with Crippen molar-refractivity contribution in [3.8, 4) is 0 Å². The lowest BCUT2D eigenvalue weighted by Crippen LogP contribution is -1.83. The highest BCUT2D eigenvalue weighted by Gasteiger charge is 1.94. The van der Waals surface area contributed by atoms with Crippen LogP contribution in [0.15, 0.2) is 46.2 Å².